The SMILES string of the molecule is FC(F)(F)c1cc(C2=NC(=S)N=N2)cc(C(F)(F)F)c1. The normalized spacial score (nSPS) is 15.7. The quantitative estimate of drug-likeness (QED) is 0.565. The molecule has 0 aromatic heterocycles. The van der Waals surface area contributed by atoms with Crippen LogP contribution in [0.15, 0.2) is 33.4 Å². The fraction of sp³-hybridized carbons (Fsp3) is 0.200. The third-order valence-corrected chi connectivity index (χ3v) is 2.45. The first-order valence-electron chi connectivity index (χ1n) is 4.91. The standard InChI is InChI=1S/C10H3F6N3S/c11-9(12,13)5-1-4(7-17-8(20)19-18-7)2-6(3-5)10(14,15)16/h1-3H. The molecule has 0 unspecified atom stereocenters. The van der Waals surface area contributed by atoms with E-state index in [1.54, 1.807) is 0 Å². The summed E-state index contributed by atoms with van der Waals surface area (Å²) >= 11 is 4.52. The molecule has 3 nitrogen and oxygen atoms in total. The first kappa shape index (κ1) is 14.6. The Morgan fingerprint density at radius 3 is 1.65 bits per heavy atom. The first-order valence-corrected chi connectivity index (χ1v) is 5.32. The Hall–Kier alpha value is -1.84. The van der Waals surface area contributed by atoms with Crippen molar-refractivity contribution in [3.63, 3.8) is 0 Å². The molecule has 0 bridgehead atoms. The van der Waals surface area contributed by atoms with Crippen LogP contribution in [0.1, 0.15) is 16.7 Å². The molecule has 1 aromatic rings. The Labute approximate surface area is 113 Å². The van der Waals surface area contributed by atoms with Gasteiger partial charge in [0.1, 0.15) is 0 Å². The summed E-state index contributed by atoms with van der Waals surface area (Å²) in [5, 5.41) is 6.34. The molecule has 0 spiro atoms. The van der Waals surface area contributed by atoms with Gasteiger partial charge < -0.3 is 0 Å². The number of rotatable bonds is 1. The van der Waals surface area contributed by atoms with Gasteiger partial charge >= 0.3 is 12.4 Å². The summed E-state index contributed by atoms with van der Waals surface area (Å²) in [7, 11) is 0. The summed E-state index contributed by atoms with van der Waals surface area (Å²) in [5.41, 5.74) is -3.34. The van der Waals surface area contributed by atoms with Crippen molar-refractivity contribution in [3.8, 4) is 0 Å². The second-order valence-corrected chi connectivity index (χ2v) is 4.08. The minimum absolute atomic E-state index is 0.0223. The van der Waals surface area contributed by atoms with Crippen LogP contribution >= 0.6 is 12.2 Å². The highest BCUT2D eigenvalue weighted by Crippen LogP contribution is 2.36. The topological polar surface area (TPSA) is 37.1 Å². The van der Waals surface area contributed by atoms with Gasteiger partial charge in [-0.3, -0.25) is 0 Å². The van der Waals surface area contributed by atoms with Gasteiger partial charge in [0.2, 0.25) is 5.11 Å². The second-order valence-electron chi connectivity index (χ2n) is 3.71. The van der Waals surface area contributed by atoms with Gasteiger partial charge in [-0.05, 0) is 30.4 Å². The van der Waals surface area contributed by atoms with Crippen molar-refractivity contribution in [3.05, 3.63) is 34.9 Å². The minimum Gasteiger partial charge on any atom is -0.195 e. The van der Waals surface area contributed by atoms with Crippen molar-refractivity contribution in [1.82, 2.24) is 0 Å². The van der Waals surface area contributed by atoms with E-state index >= 15 is 0 Å². The van der Waals surface area contributed by atoms with Crippen LogP contribution in [0.3, 0.4) is 0 Å². The number of amidine groups is 1. The molecule has 0 N–H and O–H groups in total. The van der Waals surface area contributed by atoms with Crippen LogP contribution in [0.2, 0.25) is 0 Å². The monoisotopic (exact) mass is 311 g/mol. The predicted molar refractivity (Wildman–Crippen MR) is 60.4 cm³/mol. The van der Waals surface area contributed by atoms with Gasteiger partial charge in [0.05, 0.1) is 11.1 Å². The Kier molecular flexibility index (Phi) is 3.36. The molecular formula is C10H3F6N3S. The molecule has 0 radical (unpaired) electrons. The second kappa shape index (κ2) is 4.62. The number of benzene rings is 1. The summed E-state index contributed by atoms with van der Waals surface area (Å²) in [6.07, 6.45) is -9.85. The molecule has 1 aromatic carbocycles. The fourth-order valence-electron chi connectivity index (χ4n) is 1.43. The molecule has 0 saturated carbocycles. The molecule has 10 heteroatoms. The summed E-state index contributed by atoms with van der Waals surface area (Å²) < 4.78 is 75.7. The molecule has 0 saturated heterocycles. The summed E-state index contributed by atoms with van der Waals surface area (Å²) in [6.45, 7) is 0. The van der Waals surface area contributed by atoms with E-state index in [9.17, 15) is 26.3 Å². The number of nitrogens with zero attached hydrogens (tertiary/aromatic N) is 3. The number of thiocarbonyl (C=S) groups is 1. The zero-order valence-electron chi connectivity index (χ0n) is 9.25. The van der Waals surface area contributed by atoms with E-state index in [4.69, 9.17) is 0 Å². The number of aliphatic imine (C=N–C) groups is 1. The van der Waals surface area contributed by atoms with E-state index in [-0.39, 0.29) is 17.0 Å². The van der Waals surface area contributed by atoms with Gasteiger partial charge in [0, 0.05) is 5.56 Å². The summed E-state index contributed by atoms with van der Waals surface area (Å²) in [4.78, 5) is 3.49. The third-order valence-electron chi connectivity index (χ3n) is 2.28. The highest BCUT2D eigenvalue weighted by atomic mass is 32.1. The van der Waals surface area contributed by atoms with Crippen molar-refractivity contribution in [2.45, 2.75) is 12.4 Å². The van der Waals surface area contributed by atoms with Crippen LogP contribution in [-0.4, -0.2) is 10.9 Å². The van der Waals surface area contributed by atoms with Crippen LogP contribution in [-0.2, 0) is 12.4 Å². The van der Waals surface area contributed by atoms with Crippen LogP contribution in [0, 0.1) is 0 Å². The molecule has 1 heterocycles. The van der Waals surface area contributed by atoms with Crippen LogP contribution in [0.4, 0.5) is 26.3 Å². The van der Waals surface area contributed by atoms with Gasteiger partial charge in [0.25, 0.3) is 0 Å². The lowest BCUT2D eigenvalue weighted by molar-refractivity contribution is -0.143. The van der Waals surface area contributed by atoms with Crippen LogP contribution in [0.25, 0.3) is 0 Å². The molecule has 0 atom stereocenters. The highest BCUT2D eigenvalue weighted by Gasteiger charge is 2.37. The number of alkyl halides is 6. The number of hydrogen-bond acceptors (Lipinski definition) is 2. The Morgan fingerprint density at radius 2 is 1.30 bits per heavy atom. The molecule has 1 aliphatic rings. The lowest BCUT2D eigenvalue weighted by Gasteiger charge is -2.13. The van der Waals surface area contributed by atoms with E-state index in [0.29, 0.717) is 12.1 Å². The van der Waals surface area contributed by atoms with Crippen molar-refractivity contribution < 1.29 is 26.3 Å². The van der Waals surface area contributed by atoms with Gasteiger partial charge in [-0.2, -0.15) is 31.3 Å². The molecule has 106 valence electrons. The lowest BCUT2D eigenvalue weighted by atomic mass is 10.0. The van der Waals surface area contributed by atoms with E-state index in [2.05, 4.69) is 27.4 Å². The average Bonchev–Trinajstić information content (AvgIpc) is 2.73. The maximum atomic E-state index is 12.6. The lowest BCUT2D eigenvalue weighted by Crippen LogP contribution is -2.13. The molecule has 0 aliphatic carbocycles. The Morgan fingerprint density at radius 1 is 0.800 bits per heavy atom. The fourth-order valence-corrected chi connectivity index (χ4v) is 1.56. The Bertz CT molecular complexity index is 597. The van der Waals surface area contributed by atoms with Crippen LogP contribution < -0.4 is 0 Å². The predicted octanol–water partition coefficient (Wildman–Crippen LogP) is 4.22. The minimum atomic E-state index is -4.92. The molecule has 20 heavy (non-hydrogen) atoms. The van der Waals surface area contributed by atoms with Crippen molar-refractivity contribution in [2.24, 2.45) is 15.2 Å². The molecule has 0 amide bonds. The number of hydrogen-bond donors (Lipinski definition) is 0. The van der Waals surface area contributed by atoms with Gasteiger partial charge in [0.15, 0.2) is 5.84 Å². The van der Waals surface area contributed by atoms with Crippen molar-refractivity contribution in [2.75, 3.05) is 0 Å². The Balaban J connectivity index is 2.61. The maximum absolute atomic E-state index is 12.6. The largest absolute Gasteiger partial charge is 0.416 e. The first-order chi connectivity index (χ1) is 9.07. The zero-order chi connectivity index (χ0) is 15.1. The molecular weight excluding hydrogens is 308 g/mol. The maximum Gasteiger partial charge on any atom is 0.416 e. The van der Waals surface area contributed by atoms with Gasteiger partial charge in [-0.15, -0.1) is 10.2 Å². The van der Waals surface area contributed by atoms with E-state index in [1.165, 1.54) is 0 Å². The summed E-state index contributed by atoms with van der Waals surface area (Å²) in [5.74, 6) is -0.383. The average molecular weight is 311 g/mol. The number of halogens is 6. The van der Waals surface area contributed by atoms with Gasteiger partial charge in [-0.25, -0.2) is 0 Å². The number of azo groups is 1. The van der Waals surface area contributed by atoms with E-state index in [0.717, 1.165) is 0 Å². The smallest absolute Gasteiger partial charge is 0.195 e. The highest BCUT2D eigenvalue weighted by molar-refractivity contribution is 7.80. The molecule has 0 fully saturated rings. The van der Waals surface area contributed by atoms with E-state index in [1.807, 2.05) is 0 Å². The molecule has 2 rings (SSSR count). The van der Waals surface area contributed by atoms with Crippen molar-refractivity contribution in [1.29, 1.82) is 0 Å². The summed E-state index contributed by atoms with van der Waals surface area (Å²) in [6, 6.07) is 1.05. The van der Waals surface area contributed by atoms with E-state index < -0.39 is 29.0 Å². The van der Waals surface area contributed by atoms with Crippen LogP contribution in [0.5, 0.6) is 0 Å². The van der Waals surface area contributed by atoms with Gasteiger partial charge in [-0.1, -0.05) is 0 Å². The zero-order valence-corrected chi connectivity index (χ0v) is 10.1. The van der Waals surface area contributed by atoms with Crippen molar-refractivity contribution >= 4 is 23.2 Å². The third kappa shape index (κ3) is 3.00. The molecule has 1 aliphatic heterocycles.